The topological polar surface area (TPSA) is 64.4 Å². The van der Waals surface area contributed by atoms with Crippen LogP contribution in [-0.2, 0) is 6.54 Å². The van der Waals surface area contributed by atoms with Gasteiger partial charge in [-0.15, -0.1) is 0 Å². The fourth-order valence-electron chi connectivity index (χ4n) is 2.64. The molecule has 1 amide bonds. The Morgan fingerprint density at radius 3 is 2.75 bits per heavy atom. The van der Waals surface area contributed by atoms with Crippen molar-refractivity contribution in [3.8, 4) is 17.0 Å². The molecule has 3 aromatic rings. The summed E-state index contributed by atoms with van der Waals surface area (Å²) >= 11 is 6.05. The molecule has 0 fully saturated rings. The highest BCUT2D eigenvalue weighted by molar-refractivity contribution is 6.33. The van der Waals surface area contributed by atoms with E-state index in [1.807, 2.05) is 0 Å². The summed E-state index contributed by atoms with van der Waals surface area (Å²) in [7, 11) is 0. The largest absolute Gasteiger partial charge is 0.435 e. The van der Waals surface area contributed by atoms with Gasteiger partial charge in [-0.2, -0.15) is 8.78 Å². The lowest BCUT2D eigenvalue weighted by Crippen LogP contribution is -2.23. The number of hydrogen-bond donors (Lipinski definition) is 1. The van der Waals surface area contributed by atoms with Gasteiger partial charge in [-0.3, -0.25) is 4.79 Å². The first-order valence-corrected chi connectivity index (χ1v) is 8.47. The van der Waals surface area contributed by atoms with Crippen molar-refractivity contribution in [2.75, 3.05) is 0 Å². The predicted molar refractivity (Wildman–Crippen MR) is 95.9 cm³/mol. The van der Waals surface area contributed by atoms with Gasteiger partial charge in [0, 0.05) is 6.54 Å². The summed E-state index contributed by atoms with van der Waals surface area (Å²) in [5.41, 5.74) is 0.504. The molecule has 3 rings (SSSR count). The molecule has 1 aromatic heterocycles. The Morgan fingerprint density at radius 2 is 2.04 bits per heavy atom. The van der Waals surface area contributed by atoms with Crippen LogP contribution >= 0.6 is 11.6 Å². The molecule has 28 heavy (non-hydrogen) atoms. The zero-order valence-electron chi connectivity index (χ0n) is 14.5. The summed E-state index contributed by atoms with van der Waals surface area (Å²) < 4.78 is 48.2. The van der Waals surface area contributed by atoms with E-state index in [1.54, 1.807) is 6.07 Å². The Morgan fingerprint density at radius 1 is 1.29 bits per heavy atom. The van der Waals surface area contributed by atoms with Gasteiger partial charge in [0.15, 0.2) is 0 Å². The number of nitrogens with one attached hydrogen (secondary N) is 1. The van der Waals surface area contributed by atoms with Crippen molar-refractivity contribution in [1.82, 2.24) is 10.5 Å². The molecular formula is C19H14ClF3N2O3. The van der Waals surface area contributed by atoms with Gasteiger partial charge in [-0.05, 0) is 36.8 Å². The van der Waals surface area contributed by atoms with Gasteiger partial charge < -0.3 is 14.6 Å². The number of aromatic nitrogens is 1. The van der Waals surface area contributed by atoms with Crippen molar-refractivity contribution >= 4 is 17.5 Å². The molecule has 0 unspecified atom stereocenters. The van der Waals surface area contributed by atoms with Crippen molar-refractivity contribution in [3.05, 3.63) is 70.2 Å². The summed E-state index contributed by atoms with van der Waals surface area (Å²) in [4.78, 5) is 12.7. The quantitative estimate of drug-likeness (QED) is 0.623. The molecule has 0 saturated carbocycles. The van der Waals surface area contributed by atoms with Gasteiger partial charge in [-0.25, -0.2) is 4.39 Å². The van der Waals surface area contributed by atoms with Crippen molar-refractivity contribution in [1.29, 1.82) is 0 Å². The average molecular weight is 411 g/mol. The summed E-state index contributed by atoms with van der Waals surface area (Å²) in [6, 6.07) is 10.0. The number of benzene rings is 2. The first kappa shape index (κ1) is 19.8. The Balaban J connectivity index is 1.82. The maximum absolute atomic E-state index is 14.2. The Labute approximate surface area is 163 Å². The minimum Gasteiger partial charge on any atom is -0.435 e. The number of rotatable bonds is 6. The lowest BCUT2D eigenvalue weighted by molar-refractivity contribution is -0.0498. The van der Waals surface area contributed by atoms with Gasteiger partial charge >= 0.3 is 6.61 Å². The van der Waals surface area contributed by atoms with E-state index in [9.17, 15) is 18.0 Å². The standard InChI is InChI=1S/C19H14ClF3N2O3/c1-10-15(17(25-28-10)16-13(20)6-3-7-14(16)21)18(26)24-9-11-4-2-5-12(8-11)27-19(22)23/h2-8,19H,9H2,1H3,(H,24,26). The molecule has 2 aromatic carbocycles. The highest BCUT2D eigenvalue weighted by atomic mass is 35.5. The Kier molecular flexibility index (Phi) is 5.89. The molecule has 0 radical (unpaired) electrons. The van der Waals surface area contributed by atoms with Crippen LogP contribution in [0.4, 0.5) is 13.2 Å². The van der Waals surface area contributed by atoms with Gasteiger partial charge in [0.1, 0.15) is 28.6 Å². The smallest absolute Gasteiger partial charge is 0.387 e. The maximum Gasteiger partial charge on any atom is 0.387 e. The number of hydrogen-bond acceptors (Lipinski definition) is 4. The van der Waals surface area contributed by atoms with E-state index in [1.165, 1.54) is 43.3 Å². The minimum atomic E-state index is -2.95. The fourth-order valence-corrected chi connectivity index (χ4v) is 2.89. The van der Waals surface area contributed by atoms with Crippen molar-refractivity contribution in [2.45, 2.75) is 20.1 Å². The molecule has 0 aliphatic carbocycles. The SMILES string of the molecule is Cc1onc(-c2c(F)cccc2Cl)c1C(=O)NCc1cccc(OC(F)F)c1. The van der Waals surface area contributed by atoms with Gasteiger partial charge in [-0.1, -0.05) is 35.0 Å². The van der Waals surface area contributed by atoms with Crippen molar-refractivity contribution < 1.29 is 27.2 Å². The van der Waals surface area contributed by atoms with E-state index in [2.05, 4.69) is 15.2 Å². The van der Waals surface area contributed by atoms with Crippen LogP contribution in [0.25, 0.3) is 11.3 Å². The third-order valence-corrected chi connectivity index (χ3v) is 4.18. The maximum atomic E-state index is 14.2. The summed E-state index contributed by atoms with van der Waals surface area (Å²) in [6.07, 6.45) is 0. The molecule has 0 bridgehead atoms. The van der Waals surface area contributed by atoms with Crippen molar-refractivity contribution in [3.63, 3.8) is 0 Å². The van der Waals surface area contributed by atoms with Crippen LogP contribution in [0, 0.1) is 12.7 Å². The minimum absolute atomic E-state index is 0.0205. The van der Waals surface area contributed by atoms with E-state index in [-0.39, 0.29) is 39.9 Å². The Bertz CT molecular complexity index is 988. The molecule has 0 atom stereocenters. The second kappa shape index (κ2) is 8.35. The molecule has 0 aliphatic heterocycles. The number of ether oxygens (including phenoxy) is 1. The van der Waals surface area contributed by atoms with Gasteiger partial charge in [0.05, 0.1) is 10.6 Å². The number of alkyl halides is 2. The molecule has 0 spiro atoms. The third kappa shape index (κ3) is 4.28. The van der Waals surface area contributed by atoms with Crippen molar-refractivity contribution in [2.24, 2.45) is 0 Å². The van der Waals surface area contributed by atoms with Crippen LogP contribution in [-0.4, -0.2) is 17.7 Å². The van der Waals surface area contributed by atoms with Gasteiger partial charge in [0.25, 0.3) is 5.91 Å². The first-order chi connectivity index (χ1) is 13.4. The van der Waals surface area contributed by atoms with Crippen LogP contribution in [0.15, 0.2) is 47.0 Å². The molecule has 1 heterocycles. The van der Waals surface area contributed by atoms with Crippen LogP contribution in [0.5, 0.6) is 5.75 Å². The van der Waals surface area contributed by atoms with Crippen LogP contribution < -0.4 is 10.1 Å². The number of aryl methyl sites for hydroxylation is 1. The Hall–Kier alpha value is -3.00. The predicted octanol–water partition coefficient (Wildman–Crippen LogP) is 4.97. The molecule has 0 saturated heterocycles. The molecule has 5 nitrogen and oxygen atoms in total. The lowest BCUT2D eigenvalue weighted by Gasteiger charge is -2.09. The second-order valence-corrected chi connectivity index (χ2v) is 6.17. The zero-order valence-corrected chi connectivity index (χ0v) is 15.3. The summed E-state index contributed by atoms with van der Waals surface area (Å²) in [5.74, 6) is -1.07. The highest BCUT2D eigenvalue weighted by Gasteiger charge is 2.25. The van der Waals surface area contributed by atoms with Crippen LogP contribution in [0.1, 0.15) is 21.7 Å². The lowest BCUT2D eigenvalue weighted by atomic mass is 10.0. The van der Waals surface area contributed by atoms with Crippen LogP contribution in [0.2, 0.25) is 5.02 Å². The van der Waals surface area contributed by atoms with E-state index in [0.717, 1.165) is 0 Å². The molecular weight excluding hydrogens is 397 g/mol. The number of nitrogens with zero attached hydrogens (tertiary/aromatic N) is 1. The average Bonchev–Trinajstić information content (AvgIpc) is 3.00. The normalized spacial score (nSPS) is 10.9. The molecule has 146 valence electrons. The van der Waals surface area contributed by atoms with Gasteiger partial charge in [0.2, 0.25) is 0 Å². The molecule has 9 heteroatoms. The number of carbonyl (C=O) groups excluding carboxylic acids is 1. The zero-order chi connectivity index (χ0) is 20.3. The highest BCUT2D eigenvalue weighted by Crippen LogP contribution is 2.33. The summed E-state index contributed by atoms with van der Waals surface area (Å²) in [6.45, 7) is -1.41. The monoisotopic (exact) mass is 410 g/mol. The van der Waals surface area contributed by atoms with E-state index < -0.39 is 18.3 Å². The number of halogens is 4. The van der Waals surface area contributed by atoms with E-state index in [4.69, 9.17) is 16.1 Å². The van der Waals surface area contributed by atoms with E-state index in [0.29, 0.717) is 5.56 Å². The first-order valence-electron chi connectivity index (χ1n) is 8.09. The second-order valence-electron chi connectivity index (χ2n) is 5.77. The number of carbonyl (C=O) groups is 1. The fraction of sp³-hybridized carbons (Fsp3) is 0.158. The molecule has 1 N–H and O–H groups in total. The van der Waals surface area contributed by atoms with Crippen LogP contribution in [0.3, 0.4) is 0 Å². The molecule has 0 aliphatic rings. The third-order valence-electron chi connectivity index (χ3n) is 3.87. The van der Waals surface area contributed by atoms with E-state index >= 15 is 0 Å². The summed E-state index contributed by atoms with van der Waals surface area (Å²) in [5, 5.41) is 6.47. The number of amides is 1.